The number of oxazole rings is 1. The molecule has 0 spiro atoms. The third-order valence-electron chi connectivity index (χ3n) is 3.97. The number of nitrogens with zero attached hydrogens (tertiary/aromatic N) is 1. The van der Waals surface area contributed by atoms with Crippen molar-refractivity contribution in [1.82, 2.24) is 4.98 Å². The second-order valence-electron chi connectivity index (χ2n) is 5.67. The Kier molecular flexibility index (Phi) is 5.14. The summed E-state index contributed by atoms with van der Waals surface area (Å²) in [5.41, 5.74) is 1.90. The van der Waals surface area contributed by atoms with Gasteiger partial charge < -0.3 is 9.15 Å². The minimum Gasteiger partial charge on any atom is -0.497 e. The van der Waals surface area contributed by atoms with Gasteiger partial charge in [0.2, 0.25) is 0 Å². The smallest absolute Gasteiger partial charge is 0.191 e. The summed E-state index contributed by atoms with van der Waals surface area (Å²) in [7, 11) is 1.66. The van der Waals surface area contributed by atoms with E-state index in [1.165, 1.54) is 0 Å². The Morgan fingerprint density at radius 1 is 1.08 bits per heavy atom. The van der Waals surface area contributed by atoms with Crippen molar-refractivity contribution in [3.63, 3.8) is 0 Å². The molecule has 0 aliphatic carbocycles. The summed E-state index contributed by atoms with van der Waals surface area (Å²) in [5, 5.41) is 2.29. The zero-order valence-corrected chi connectivity index (χ0v) is 14.5. The van der Waals surface area contributed by atoms with Gasteiger partial charge in [0, 0.05) is 18.9 Å². The molecule has 0 fully saturated rings. The van der Waals surface area contributed by atoms with Gasteiger partial charge in [-0.3, -0.25) is 0 Å². The van der Waals surface area contributed by atoms with Crippen LogP contribution in [0, 0.1) is 6.92 Å². The number of allylic oxidation sites excluding steroid dienone is 1. The number of methoxy groups -OCH3 is 1. The van der Waals surface area contributed by atoms with Gasteiger partial charge in [-0.05, 0) is 34.7 Å². The molecule has 0 radical (unpaired) electrons. The lowest BCUT2D eigenvalue weighted by Crippen LogP contribution is -2.23. The number of ether oxygens (including phenoxy) is 1. The fourth-order valence-corrected chi connectivity index (χ4v) is 2.76. The van der Waals surface area contributed by atoms with E-state index in [-0.39, 0.29) is 0 Å². The number of hydrogen-bond acceptors (Lipinski definition) is 3. The van der Waals surface area contributed by atoms with Crippen LogP contribution in [0.5, 0.6) is 5.75 Å². The molecule has 0 aliphatic heterocycles. The van der Waals surface area contributed by atoms with Crippen molar-refractivity contribution in [2.75, 3.05) is 7.11 Å². The molecule has 3 heteroatoms. The minimum absolute atomic E-state index is 0.667. The van der Waals surface area contributed by atoms with E-state index in [1.807, 2.05) is 49.4 Å². The molecule has 0 amide bonds. The number of rotatable bonds is 5. The van der Waals surface area contributed by atoms with Crippen LogP contribution in [-0.2, 0) is 6.42 Å². The molecule has 1 heterocycles. The number of hydrogen-bond donors (Lipinski definition) is 0. The lowest BCUT2D eigenvalue weighted by molar-refractivity contribution is 0.415. The maximum Gasteiger partial charge on any atom is 0.191 e. The Hall–Kier alpha value is -3.07. The first-order valence-corrected chi connectivity index (χ1v) is 8.20. The Morgan fingerprint density at radius 3 is 2.48 bits per heavy atom. The first-order valence-electron chi connectivity index (χ1n) is 8.20. The van der Waals surface area contributed by atoms with Crippen LogP contribution >= 0.6 is 0 Å². The van der Waals surface area contributed by atoms with E-state index in [4.69, 9.17) is 9.15 Å². The molecule has 25 heavy (non-hydrogen) atoms. The summed E-state index contributed by atoms with van der Waals surface area (Å²) < 4.78 is 11.1. The summed E-state index contributed by atoms with van der Waals surface area (Å²) in [5.74, 6) is 2.35. The second-order valence-corrected chi connectivity index (χ2v) is 5.67. The highest BCUT2D eigenvalue weighted by atomic mass is 16.5. The van der Waals surface area contributed by atoms with Crippen LogP contribution in [0.1, 0.15) is 11.7 Å². The summed E-state index contributed by atoms with van der Waals surface area (Å²) in [6, 6.07) is 16.1. The summed E-state index contributed by atoms with van der Waals surface area (Å²) in [4.78, 5) is 4.56. The molecular weight excluding hydrogens is 310 g/mol. The van der Waals surface area contributed by atoms with Gasteiger partial charge in [-0.15, -0.1) is 0 Å². The van der Waals surface area contributed by atoms with E-state index < -0.39 is 0 Å². The minimum atomic E-state index is 0.667. The predicted molar refractivity (Wildman–Crippen MR) is 102 cm³/mol. The maximum absolute atomic E-state index is 5.84. The zero-order valence-electron chi connectivity index (χ0n) is 14.5. The average Bonchev–Trinajstić information content (AvgIpc) is 3.02. The largest absolute Gasteiger partial charge is 0.497 e. The van der Waals surface area contributed by atoms with Crippen LogP contribution in [0.4, 0.5) is 0 Å². The first-order chi connectivity index (χ1) is 12.2. The van der Waals surface area contributed by atoms with E-state index in [9.17, 15) is 0 Å². The molecule has 126 valence electrons. The van der Waals surface area contributed by atoms with Crippen molar-refractivity contribution in [2.24, 2.45) is 0 Å². The Morgan fingerprint density at radius 2 is 1.80 bits per heavy atom. The van der Waals surface area contributed by atoms with Crippen molar-refractivity contribution in [2.45, 2.75) is 13.3 Å². The highest BCUT2D eigenvalue weighted by Crippen LogP contribution is 2.26. The molecule has 0 saturated carbocycles. The van der Waals surface area contributed by atoms with Gasteiger partial charge in [-0.2, -0.15) is 0 Å². The van der Waals surface area contributed by atoms with Gasteiger partial charge in [-0.1, -0.05) is 49.1 Å². The average molecular weight is 331 g/mol. The van der Waals surface area contributed by atoms with Crippen molar-refractivity contribution in [3.8, 4) is 17.0 Å². The fraction of sp³-hybridized carbons (Fsp3) is 0.136. The van der Waals surface area contributed by atoms with Crippen LogP contribution < -0.4 is 15.2 Å². The molecule has 0 saturated heterocycles. The molecule has 0 bridgehead atoms. The van der Waals surface area contributed by atoms with Crippen LogP contribution in [0.2, 0.25) is 0 Å². The second kappa shape index (κ2) is 7.67. The SMILES string of the molecule is C=C/C=c1/cccc/c1=C/Cc1oc(C)nc1-c1ccc(OC)cc1. The van der Waals surface area contributed by atoms with Gasteiger partial charge in [0.05, 0.1) is 7.11 Å². The predicted octanol–water partition coefficient (Wildman–Crippen LogP) is 3.65. The van der Waals surface area contributed by atoms with Crippen LogP contribution in [-0.4, -0.2) is 12.1 Å². The third-order valence-corrected chi connectivity index (χ3v) is 3.97. The normalized spacial score (nSPS) is 12.4. The van der Waals surface area contributed by atoms with Gasteiger partial charge >= 0.3 is 0 Å². The quantitative estimate of drug-likeness (QED) is 0.716. The van der Waals surface area contributed by atoms with Crippen LogP contribution in [0.25, 0.3) is 23.4 Å². The topological polar surface area (TPSA) is 35.3 Å². The number of benzene rings is 2. The van der Waals surface area contributed by atoms with Crippen LogP contribution in [0.3, 0.4) is 0 Å². The molecule has 2 aromatic carbocycles. The zero-order chi connectivity index (χ0) is 17.6. The summed E-state index contributed by atoms with van der Waals surface area (Å²) in [6.45, 7) is 5.65. The van der Waals surface area contributed by atoms with E-state index in [0.29, 0.717) is 12.3 Å². The maximum atomic E-state index is 5.84. The molecular formula is C22H21NO2. The van der Waals surface area contributed by atoms with Crippen molar-refractivity contribution < 1.29 is 9.15 Å². The van der Waals surface area contributed by atoms with Gasteiger partial charge in [0.1, 0.15) is 17.2 Å². The molecule has 0 unspecified atom stereocenters. The molecule has 1 aromatic heterocycles. The Bertz CT molecular complexity index is 982. The molecule has 3 aromatic rings. The molecule has 3 rings (SSSR count). The van der Waals surface area contributed by atoms with E-state index in [1.54, 1.807) is 13.2 Å². The monoisotopic (exact) mass is 331 g/mol. The first kappa shape index (κ1) is 16.8. The number of aromatic nitrogens is 1. The van der Waals surface area contributed by atoms with E-state index in [2.05, 4.69) is 29.8 Å². The molecule has 0 atom stereocenters. The molecule has 0 aliphatic rings. The summed E-state index contributed by atoms with van der Waals surface area (Å²) in [6.07, 6.45) is 6.63. The summed E-state index contributed by atoms with van der Waals surface area (Å²) >= 11 is 0. The van der Waals surface area contributed by atoms with Gasteiger partial charge in [-0.25, -0.2) is 4.98 Å². The van der Waals surface area contributed by atoms with Gasteiger partial charge in [0.25, 0.3) is 0 Å². The van der Waals surface area contributed by atoms with Crippen molar-refractivity contribution in [3.05, 3.63) is 83.3 Å². The highest BCUT2D eigenvalue weighted by Gasteiger charge is 2.12. The Balaban J connectivity index is 1.98. The van der Waals surface area contributed by atoms with E-state index >= 15 is 0 Å². The lowest BCUT2D eigenvalue weighted by atomic mass is 10.1. The van der Waals surface area contributed by atoms with Gasteiger partial charge in [0.15, 0.2) is 5.89 Å². The number of aryl methyl sites for hydroxylation is 1. The lowest BCUT2D eigenvalue weighted by Gasteiger charge is -2.02. The third kappa shape index (κ3) is 3.89. The fourth-order valence-electron chi connectivity index (χ4n) is 2.76. The van der Waals surface area contributed by atoms with Crippen LogP contribution in [0.15, 0.2) is 65.6 Å². The highest BCUT2D eigenvalue weighted by molar-refractivity contribution is 5.63. The van der Waals surface area contributed by atoms with Crippen molar-refractivity contribution in [1.29, 1.82) is 0 Å². The van der Waals surface area contributed by atoms with Crippen molar-refractivity contribution >= 4 is 12.2 Å². The Labute approximate surface area is 147 Å². The molecule has 3 nitrogen and oxygen atoms in total. The molecule has 0 N–H and O–H groups in total. The standard InChI is InChI=1S/C22H21NO2/c1-4-7-17-8-5-6-9-18(17)12-15-21-22(23-16(2)25-21)19-10-13-20(24-3)14-11-19/h4-14H,1,15H2,2-3H3/b17-7-,18-12-. The van der Waals surface area contributed by atoms with E-state index in [0.717, 1.165) is 33.2 Å².